The van der Waals surface area contributed by atoms with E-state index in [0.717, 1.165) is 24.9 Å². The number of hydrogen-bond donors (Lipinski definition) is 1. The summed E-state index contributed by atoms with van der Waals surface area (Å²) in [6.07, 6.45) is 2.16. The van der Waals surface area contributed by atoms with Crippen molar-refractivity contribution in [1.82, 2.24) is 4.90 Å². The van der Waals surface area contributed by atoms with E-state index in [4.69, 9.17) is 28.9 Å². The average molecular weight is 301 g/mol. The van der Waals surface area contributed by atoms with Crippen LogP contribution in [0.2, 0.25) is 10.0 Å². The predicted molar refractivity (Wildman–Crippen MR) is 82.9 cm³/mol. The Labute approximate surface area is 125 Å². The molecule has 0 amide bonds. The summed E-state index contributed by atoms with van der Waals surface area (Å²) >= 11 is 12.5. The molecule has 2 atom stereocenters. The molecule has 0 radical (unpaired) electrons. The van der Waals surface area contributed by atoms with E-state index in [9.17, 15) is 0 Å². The number of benzene rings is 1. The van der Waals surface area contributed by atoms with Crippen LogP contribution >= 0.6 is 23.2 Å². The van der Waals surface area contributed by atoms with Gasteiger partial charge >= 0.3 is 0 Å². The Morgan fingerprint density at radius 3 is 2.58 bits per heavy atom. The molecule has 0 aliphatic carbocycles. The molecule has 2 nitrogen and oxygen atoms in total. The van der Waals surface area contributed by atoms with Crippen LogP contribution in [-0.2, 0) is 0 Å². The second-order valence-electron chi connectivity index (χ2n) is 6.26. The second kappa shape index (κ2) is 5.61. The van der Waals surface area contributed by atoms with Gasteiger partial charge in [0.2, 0.25) is 0 Å². The molecule has 0 saturated carbocycles. The highest BCUT2D eigenvalue weighted by atomic mass is 35.5. The molecular formula is C15H22Cl2N2. The van der Waals surface area contributed by atoms with Gasteiger partial charge in [-0.3, -0.25) is 4.90 Å². The summed E-state index contributed by atoms with van der Waals surface area (Å²) in [5.74, 6) is 0. The molecule has 0 aromatic heterocycles. The first-order chi connectivity index (χ1) is 8.82. The lowest BCUT2D eigenvalue weighted by atomic mass is 9.87. The Morgan fingerprint density at radius 2 is 1.95 bits per heavy atom. The van der Waals surface area contributed by atoms with Crippen molar-refractivity contribution in [3.63, 3.8) is 0 Å². The lowest BCUT2D eigenvalue weighted by Gasteiger charge is -2.47. The Bertz CT molecular complexity index is 454. The van der Waals surface area contributed by atoms with Gasteiger partial charge in [-0.25, -0.2) is 0 Å². The molecule has 2 N–H and O–H groups in total. The highest BCUT2D eigenvalue weighted by Gasteiger charge is 2.37. The zero-order valence-electron chi connectivity index (χ0n) is 11.8. The van der Waals surface area contributed by atoms with Crippen molar-refractivity contribution in [3.8, 4) is 0 Å². The number of nitrogens with two attached hydrogens (primary N) is 1. The van der Waals surface area contributed by atoms with Gasteiger partial charge in [0, 0.05) is 11.6 Å². The third-order valence-corrected chi connectivity index (χ3v) is 4.67. The van der Waals surface area contributed by atoms with Gasteiger partial charge in [-0.05, 0) is 51.8 Å². The number of likely N-dealkylation sites (tertiary alicyclic amines) is 1. The van der Waals surface area contributed by atoms with E-state index in [1.54, 1.807) is 0 Å². The van der Waals surface area contributed by atoms with Crippen LogP contribution in [0.25, 0.3) is 0 Å². The molecule has 1 heterocycles. The molecular weight excluding hydrogens is 279 g/mol. The fourth-order valence-electron chi connectivity index (χ4n) is 2.93. The van der Waals surface area contributed by atoms with Crippen molar-refractivity contribution in [2.75, 3.05) is 6.54 Å². The van der Waals surface area contributed by atoms with E-state index in [1.807, 2.05) is 18.2 Å². The maximum absolute atomic E-state index is 6.39. The van der Waals surface area contributed by atoms with Crippen LogP contribution in [0.15, 0.2) is 18.2 Å². The zero-order valence-corrected chi connectivity index (χ0v) is 13.3. The number of rotatable bonds is 1. The first kappa shape index (κ1) is 15.1. The molecule has 4 heteroatoms. The third-order valence-electron chi connectivity index (χ3n) is 3.84. The Morgan fingerprint density at radius 1 is 1.26 bits per heavy atom. The fraction of sp³-hybridized carbons (Fsp3) is 0.600. The van der Waals surface area contributed by atoms with Crippen LogP contribution in [-0.4, -0.2) is 23.0 Å². The van der Waals surface area contributed by atoms with Crippen LogP contribution < -0.4 is 5.73 Å². The average Bonchev–Trinajstić information content (AvgIpc) is 2.32. The van der Waals surface area contributed by atoms with Crippen LogP contribution in [0.4, 0.5) is 0 Å². The summed E-state index contributed by atoms with van der Waals surface area (Å²) in [6.45, 7) is 7.70. The maximum Gasteiger partial charge on any atom is 0.0640 e. The molecule has 0 bridgehead atoms. The summed E-state index contributed by atoms with van der Waals surface area (Å²) < 4.78 is 0. The van der Waals surface area contributed by atoms with Gasteiger partial charge in [0.25, 0.3) is 0 Å². The van der Waals surface area contributed by atoms with Gasteiger partial charge in [0.05, 0.1) is 16.1 Å². The monoisotopic (exact) mass is 300 g/mol. The summed E-state index contributed by atoms with van der Waals surface area (Å²) in [7, 11) is 0. The van der Waals surface area contributed by atoms with Crippen LogP contribution in [0.1, 0.15) is 45.2 Å². The lowest BCUT2D eigenvalue weighted by Crippen LogP contribution is -2.53. The molecule has 1 aliphatic heterocycles. The number of piperidine rings is 1. The van der Waals surface area contributed by atoms with Crippen molar-refractivity contribution in [2.24, 2.45) is 5.73 Å². The Hall–Kier alpha value is -0.280. The third kappa shape index (κ3) is 3.08. The minimum atomic E-state index is 0.0638. The van der Waals surface area contributed by atoms with Gasteiger partial charge < -0.3 is 5.73 Å². The van der Waals surface area contributed by atoms with E-state index in [2.05, 4.69) is 25.7 Å². The lowest BCUT2D eigenvalue weighted by molar-refractivity contribution is 0.0385. The van der Waals surface area contributed by atoms with Crippen molar-refractivity contribution < 1.29 is 0 Å². The molecule has 1 aromatic carbocycles. The van der Waals surface area contributed by atoms with E-state index in [-0.39, 0.29) is 17.6 Å². The Kier molecular flexibility index (Phi) is 4.46. The molecule has 19 heavy (non-hydrogen) atoms. The van der Waals surface area contributed by atoms with Crippen LogP contribution in [0.5, 0.6) is 0 Å². The molecule has 2 unspecified atom stereocenters. The Balaban J connectivity index is 2.45. The van der Waals surface area contributed by atoms with Crippen molar-refractivity contribution in [1.29, 1.82) is 0 Å². The normalized spacial score (nSPS) is 25.6. The van der Waals surface area contributed by atoms with Gasteiger partial charge in [-0.1, -0.05) is 35.3 Å². The minimum absolute atomic E-state index is 0.0638. The van der Waals surface area contributed by atoms with E-state index < -0.39 is 0 Å². The SMILES string of the molecule is CC(C)(C)N1CCCC(N)C1c1cccc(Cl)c1Cl. The van der Waals surface area contributed by atoms with Crippen molar-refractivity contribution in [2.45, 2.75) is 51.2 Å². The maximum atomic E-state index is 6.39. The summed E-state index contributed by atoms with van der Waals surface area (Å²) in [5, 5.41) is 1.24. The van der Waals surface area contributed by atoms with Gasteiger partial charge in [-0.15, -0.1) is 0 Å². The molecule has 2 rings (SSSR count). The molecule has 1 fully saturated rings. The first-order valence-electron chi connectivity index (χ1n) is 6.78. The number of nitrogens with zero attached hydrogens (tertiary/aromatic N) is 1. The van der Waals surface area contributed by atoms with Gasteiger partial charge in [0.15, 0.2) is 0 Å². The number of halogens is 2. The molecule has 106 valence electrons. The zero-order chi connectivity index (χ0) is 14.2. The predicted octanol–water partition coefficient (Wildman–Crippen LogP) is 4.26. The number of hydrogen-bond acceptors (Lipinski definition) is 2. The minimum Gasteiger partial charge on any atom is -0.326 e. The van der Waals surface area contributed by atoms with Crippen LogP contribution in [0.3, 0.4) is 0 Å². The molecule has 0 spiro atoms. The quantitative estimate of drug-likeness (QED) is 0.840. The van der Waals surface area contributed by atoms with Gasteiger partial charge in [-0.2, -0.15) is 0 Å². The molecule has 1 aliphatic rings. The first-order valence-corrected chi connectivity index (χ1v) is 7.54. The highest BCUT2D eigenvalue weighted by molar-refractivity contribution is 6.42. The highest BCUT2D eigenvalue weighted by Crippen LogP contribution is 2.40. The second-order valence-corrected chi connectivity index (χ2v) is 7.04. The summed E-state index contributed by atoms with van der Waals surface area (Å²) in [4.78, 5) is 2.44. The molecule has 1 saturated heterocycles. The topological polar surface area (TPSA) is 29.3 Å². The van der Waals surface area contributed by atoms with Gasteiger partial charge in [0.1, 0.15) is 0 Å². The van der Waals surface area contributed by atoms with Crippen molar-refractivity contribution in [3.05, 3.63) is 33.8 Å². The van der Waals surface area contributed by atoms with E-state index in [0.29, 0.717) is 10.0 Å². The molecule has 1 aromatic rings. The fourth-order valence-corrected chi connectivity index (χ4v) is 3.35. The smallest absolute Gasteiger partial charge is 0.0640 e. The largest absolute Gasteiger partial charge is 0.326 e. The van der Waals surface area contributed by atoms with Crippen molar-refractivity contribution >= 4 is 23.2 Å². The summed E-state index contributed by atoms with van der Waals surface area (Å²) in [6, 6.07) is 6.06. The van der Waals surface area contributed by atoms with E-state index in [1.165, 1.54) is 0 Å². The summed E-state index contributed by atoms with van der Waals surface area (Å²) in [5.41, 5.74) is 7.49. The standard InChI is InChI=1S/C15H22Cl2N2/c1-15(2,3)19-9-5-8-12(18)14(19)10-6-4-7-11(16)13(10)17/h4,6-7,12,14H,5,8-9,18H2,1-3H3. The van der Waals surface area contributed by atoms with Crippen LogP contribution in [0, 0.1) is 0 Å². The van der Waals surface area contributed by atoms with E-state index >= 15 is 0 Å².